The van der Waals surface area contributed by atoms with Crippen LogP contribution in [0.3, 0.4) is 0 Å². The van der Waals surface area contributed by atoms with Crippen LogP contribution in [0.15, 0.2) is 30.3 Å². The predicted molar refractivity (Wildman–Crippen MR) is 120 cm³/mol. The van der Waals surface area contributed by atoms with Gasteiger partial charge in [-0.15, -0.1) is 12.4 Å². The van der Waals surface area contributed by atoms with E-state index in [-0.39, 0.29) is 18.4 Å². The number of hydrogen-bond acceptors (Lipinski definition) is 4. The molecule has 3 aromatic carbocycles. The van der Waals surface area contributed by atoms with Crippen LogP contribution in [0.5, 0.6) is 11.5 Å². The minimum Gasteiger partial charge on any atom is -0.493 e. The maximum atomic E-state index is 11.3. The first-order chi connectivity index (χ1) is 13.7. The molecular weight excluding hydrogens is 386 g/mol. The quantitative estimate of drug-likeness (QED) is 0.613. The van der Waals surface area contributed by atoms with Crippen LogP contribution >= 0.6 is 12.4 Å². The van der Waals surface area contributed by atoms with Crippen LogP contribution < -0.4 is 9.47 Å². The molecule has 0 unspecified atom stereocenters. The standard InChI is InChI=1S/C24H27NO3.ClH/c1-4-14-7-8-15-16(10-14)17-11-21(27-2)22(28-3)12-18(17)19-13-25-9-5-6-20(25)24(26)23(15)19;/h7-8,10-12,20,24,26H,4-6,9,13H2,1-3H3;1H/t20-,24+;/m1./s1. The Morgan fingerprint density at radius 2 is 1.69 bits per heavy atom. The van der Waals surface area contributed by atoms with Gasteiger partial charge in [0.2, 0.25) is 0 Å². The molecule has 5 rings (SSSR count). The molecule has 2 atom stereocenters. The number of fused-ring (bicyclic) bond motifs is 7. The molecule has 1 N–H and O–H groups in total. The molecule has 2 heterocycles. The number of aliphatic hydroxyl groups is 1. The molecular formula is C24H28ClNO3. The van der Waals surface area contributed by atoms with E-state index in [2.05, 4.69) is 42.2 Å². The van der Waals surface area contributed by atoms with Crippen LogP contribution in [0.1, 0.15) is 42.6 Å². The van der Waals surface area contributed by atoms with Gasteiger partial charge < -0.3 is 14.6 Å². The number of hydrogen-bond donors (Lipinski definition) is 1. The summed E-state index contributed by atoms with van der Waals surface area (Å²) in [5, 5.41) is 16.0. The first kappa shape index (κ1) is 20.3. The van der Waals surface area contributed by atoms with E-state index in [9.17, 15) is 5.11 Å². The smallest absolute Gasteiger partial charge is 0.161 e. The van der Waals surface area contributed by atoms with Crippen LogP contribution in [0, 0.1) is 0 Å². The van der Waals surface area contributed by atoms with Crippen molar-refractivity contribution in [1.29, 1.82) is 0 Å². The molecule has 0 amide bonds. The van der Waals surface area contributed by atoms with Gasteiger partial charge in [-0.3, -0.25) is 4.90 Å². The minimum absolute atomic E-state index is 0. The Hall–Kier alpha value is -2.01. The monoisotopic (exact) mass is 413 g/mol. The Kier molecular flexibility index (Phi) is 5.36. The Bertz CT molecular complexity index is 1080. The molecule has 4 nitrogen and oxygen atoms in total. The highest BCUT2D eigenvalue weighted by Gasteiger charge is 2.38. The van der Waals surface area contributed by atoms with Gasteiger partial charge in [0.25, 0.3) is 0 Å². The van der Waals surface area contributed by atoms with Crippen LogP contribution in [0.25, 0.3) is 21.5 Å². The highest BCUT2D eigenvalue weighted by Crippen LogP contribution is 2.47. The summed E-state index contributed by atoms with van der Waals surface area (Å²) in [6.07, 6.45) is 2.77. The van der Waals surface area contributed by atoms with Crippen molar-refractivity contribution in [1.82, 2.24) is 4.90 Å². The Morgan fingerprint density at radius 1 is 1.00 bits per heavy atom. The number of halogens is 1. The van der Waals surface area contributed by atoms with Crippen molar-refractivity contribution in [3.63, 3.8) is 0 Å². The van der Waals surface area contributed by atoms with Crippen molar-refractivity contribution >= 4 is 34.0 Å². The van der Waals surface area contributed by atoms with E-state index in [1.165, 1.54) is 27.3 Å². The maximum Gasteiger partial charge on any atom is 0.161 e. The van der Waals surface area contributed by atoms with E-state index in [1.807, 2.05) is 0 Å². The number of methoxy groups -OCH3 is 2. The molecule has 3 aromatic rings. The lowest BCUT2D eigenvalue weighted by Crippen LogP contribution is -2.39. The molecule has 0 saturated carbocycles. The van der Waals surface area contributed by atoms with Gasteiger partial charge in [0.15, 0.2) is 11.5 Å². The van der Waals surface area contributed by atoms with Gasteiger partial charge in [-0.25, -0.2) is 0 Å². The molecule has 154 valence electrons. The number of aliphatic hydroxyl groups excluding tert-OH is 1. The Morgan fingerprint density at radius 3 is 2.38 bits per heavy atom. The second-order valence-electron chi connectivity index (χ2n) is 8.00. The summed E-state index contributed by atoms with van der Waals surface area (Å²) in [4.78, 5) is 2.44. The Labute approximate surface area is 177 Å². The third-order valence-corrected chi connectivity index (χ3v) is 6.68. The topological polar surface area (TPSA) is 41.9 Å². The molecule has 29 heavy (non-hydrogen) atoms. The summed E-state index contributed by atoms with van der Waals surface area (Å²) in [5.74, 6) is 1.48. The van der Waals surface area contributed by atoms with Gasteiger partial charge in [0.1, 0.15) is 0 Å². The van der Waals surface area contributed by atoms with Gasteiger partial charge in [0, 0.05) is 12.6 Å². The van der Waals surface area contributed by atoms with Gasteiger partial charge >= 0.3 is 0 Å². The van der Waals surface area contributed by atoms with Crippen molar-refractivity contribution in [3.05, 3.63) is 47.0 Å². The lowest BCUT2D eigenvalue weighted by atomic mass is 9.83. The normalized spacial score (nSPS) is 21.0. The summed E-state index contributed by atoms with van der Waals surface area (Å²) in [5.41, 5.74) is 3.65. The average molecular weight is 414 g/mol. The second kappa shape index (κ2) is 7.67. The average Bonchev–Trinajstić information content (AvgIpc) is 3.21. The number of benzene rings is 3. The lowest BCUT2D eigenvalue weighted by molar-refractivity contribution is 0.0552. The largest absolute Gasteiger partial charge is 0.493 e. The highest BCUT2D eigenvalue weighted by atomic mass is 35.5. The van der Waals surface area contributed by atoms with E-state index in [1.54, 1.807) is 14.2 Å². The summed E-state index contributed by atoms with van der Waals surface area (Å²) in [7, 11) is 3.36. The van der Waals surface area contributed by atoms with Crippen molar-refractivity contribution in [2.45, 2.75) is 44.9 Å². The van der Waals surface area contributed by atoms with Crippen molar-refractivity contribution < 1.29 is 14.6 Å². The maximum absolute atomic E-state index is 11.3. The van der Waals surface area contributed by atoms with Crippen LogP contribution in [0.4, 0.5) is 0 Å². The highest BCUT2D eigenvalue weighted by molar-refractivity contribution is 6.12. The predicted octanol–water partition coefficient (Wildman–Crippen LogP) is 5.01. The third-order valence-electron chi connectivity index (χ3n) is 6.68. The molecule has 1 fully saturated rings. The van der Waals surface area contributed by atoms with Gasteiger partial charge in [-0.05, 0) is 76.2 Å². The molecule has 0 aromatic heterocycles. The molecule has 5 heteroatoms. The van der Waals surface area contributed by atoms with Crippen LogP contribution in [-0.4, -0.2) is 36.8 Å². The number of ether oxygens (including phenoxy) is 2. The fraction of sp³-hybridized carbons (Fsp3) is 0.417. The van der Waals surface area contributed by atoms with E-state index in [4.69, 9.17) is 9.47 Å². The number of rotatable bonds is 3. The van der Waals surface area contributed by atoms with E-state index < -0.39 is 6.10 Å². The molecule has 2 aliphatic rings. The fourth-order valence-electron chi connectivity index (χ4n) is 5.24. The third kappa shape index (κ3) is 2.97. The second-order valence-corrected chi connectivity index (χ2v) is 8.00. The van der Waals surface area contributed by atoms with E-state index >= 15 is 0 Å². The fourth-order valence-corrected chi connectivity index (χ4v) is 5.24. The van der Waals surface area contributed by atoms with Gasteiger partial charge in [0.05, 0.1) is 20.3 Å². The molecule has 2 aliphatic heterocycles. The molecule has 0 radical (unpaired) electrons. The molecule has 1 saturated heterocycles. The zero-order valence-corrected chi connectivity index (χ0v) is 18.0. The minimum atomic E-state index is -0.446. The van der Waals surface area contributed by atoms with Crippen LogP contribution in [0.2, 0.25) is 0 Å². The number of aryl methyl sites for hydroxylation is 1. The van der Waals surface area contributed by atoms with Gasteiger partial charge in [-0.2, -0.15) is 0 Å². The van der Waals surface area contributed by atoms with E-state index in [0.29, 0.717) is 0 Å². The summed E-state index contributed by atoms with van der Waals surface area (Å²) in [6.45, 7) is 4.12. The van der Waals surface area contributed by atoms with Crippen molar-refractivity contribution in [2.24, 2.45) is 0 Å². The molecule has 0 bridgehead atoms. The number of nitrogens with zero attached hydrogens (tertiary/aromatic N) is 1. The summed E-state index contributed by atoms with van der Waals surface area (Å²) < 4.78 is 11.2. The first-order valence-corrected chi connectivity index (χ1v) is 10.2. The van der Waals surface area contributed by atoms with Crippen molar-refractivity contribution in [2.75, 3.05) is 20.8 Å². The van der Waals surface area contributed by atoms with Gasteiger partial charge in [-0.1, -0.05) is 25.1 Å². The molecule has 0 aliphatic carbocycles. The van der Waals surface area contributed by atoms with Crippen molar-refractivity contribution in [3.8, 4) is 11.5 Å². The lowest BCUT2D eigenvalue weighted by Gasteiger charge is -2.37. The molecule has 0 spiro atoms. The summed E-state index contributed by atoms with van der Waals surface area (Å²) >= 11 is 0. The zero-order chi connectivity index (χ0) is 19.4. The van der Waals surface area contributed by atoms with E-state index in [0.717, 1.165) is 54.8 Å². The van der Waals surface area contributed by atoms with Crippen LogP contribution in [-0.2, 0) is 13.0 Å². The zero-order valence-electron chi connectivity index (χ0n) is 17.2. The first-order valence-electron chi connectivity index (χ1n) is 10.2. The summed E-state index contributed by atoms with van der Waals surface area (Å²) in [6, 6.07) is 11.1. The Balaban J connectivity index is 0.00000205. The SMILES string of the molecule is CCc1ccc2c3c(c4cc(OC)c(OC)cc4c2c1)CN1CCC[C@@H]1[C@@H]3O.Cl.